The van der Waals surface area contributed by atoms with Gasteiger partial charge >= 0.3 is 0 Å². The van der Waals surface area contributed by atoms with Crippen molar-refractivity contribution in [1.29, 1.82) is 0 Å². The van der Waals surface area contributed by atoms with E-state index in [-0.39, 0.29) is 6.04 Å². The second-order valence-electron chi connectivity index (χ2n) is 4.61. The summed E-state index contributed by atoms with van der Waals surface area (Å²) in [6.45, 7) is 4.95. The second kappa shape index (κ2) is 6.87. The summed E-state index contributed by atoms with van der Waals surface area (Å²) in [6.07, 6.45) is 0.950. The Balaban J connectivity index is 2.19. The molecule has 2 aromatic rings. The third-order valence-electron chi connectivity index (χ3n) is 3.02. The first-order valence-electron chi connectivity index (χ1n) is 6.81. The molecule has 0 amide bonds. The van der Waals surface area contributed by atoms with Gasteiger partial charge in [0.05, 0.1) is 6.04 Å². The highest BCUT2D eigenvalue weighted by molar-refractivity contribution is 7.85. The normalized spacial score (nSPS) is 14.6. The quantitative estimate of drug-likeness (QED) is 0.846. The molecule has 0 bridgehead atoms. The fraction of sp³-hybridized carbons (Fsp3) is 0.467. The molecule has 0 aliphatic rings. The molecule has 2 rings (SSSR count). The first-order chi connectivity index (χ1) is 9.24. The van der Waals surface area contributed by atoms with Gasteiger partial charge in [0.15, 0.2) is 0 Å². The average Bonchev–Trinajstić information content (AvgIpc) is 2.82. The Morgan fingerprint density at radius 1 is 1.32 bits per heavy atom. The Hall–Kier alpha value is -1.13. The Labute approximate surface area is 116 Å². The van der Waals surface area contributed by atoms with E-state index in [1.807, 2.05) is 30.3 Å². The molecule has 0 aliphatic carbocycles. The van der Waals surface area contributed by atoms with Crippen LogP contribution in [0.15, 0.2) is 34.7 Å². The Bertz CT molecular complexity index is 517. The summed E-state index contributed by atoms with van der Waals surface area (Å²) in [6, 6.07) is 10.0. The van der Waals surface area contributed by atoms with Crippen LogP contribution >= 0.6 is 0 Å². The topological polar surface area (TPSA) is 42.2 Å². The monoisotopic (exact) mass is 279 g/mol. The van der Waals surface area contributed by atoms with Crippen LogP contribution in [-0.4, -0.2) is 22.3 Å². The zero-order chi connectivity index (χ0) is 13.7. The number of fused-ring (bicyclic) bond motifs is 1. The number of nitrogens with one attached hydrogen (secondary N) is 1. The van der Waals surface area contributed by atoms with Crippen molar-refractivity contribution in [2.24, 2.45) is 0 Å². The van der Waals surface area contributed by atoms with Crippen molar-refractivity contribution >= 4 is 21.8 Å². The van der Waals surface area contributed by atoms with E-state index in [1.54, 1.807) is 0 Å². The molecule has 0 saturated heterocycles. The number of hydrogen-bond donors (Lipinski definition) is 1. The van der Waals surface area contributed by atoms with E-state index in [1.165, 1.54) is 0 Å². The zero-order valence-corrected chi connectivity index (χ0v) is 12.3. The van der Waals surface area contributed by atoms with Crippen molar-refractivity contribution in [2.45, 2.75) is 26.3 Å². The maximum absolute atomic E-state index is 11.9. The summed E-state index contributed by atoms with van der Waals surface area (Å²) >= 11 is 0. The van der Waals surface area contributed by atoms with Gasteiger partial charge in [-0.1, -0.05) is 32.0 Å². The third-order valence-corrected chi connectivity index (χ3v) is 4.59. The van der Waals surface area contributed by atoms with Crippen LogP contribution in [-0.2, 0) is 10.8 Å². The van der Waals surface area contributed by atoms with Crippen LogP contribution in [0.4, 0.5) is 0 Å². The molecule has 1 aromatic heterocycles. The van der Waals surface area contributed by atoms with Gasteiger partial charge in [0, 0.05) is 27.7 Å². The van der Waals surface area contributed by atoms with E-state index < -0.39 is 10.8 Å². The number of furan rings is 1. The average molecular weight is 279 g/mol. The highest BCUT2D eigenvalue weighted by atomic mass is 32.2. The van der Waals surface area contributed by atoms with E-state index in [0.29, 0.717) is 5.75 Å². The molecule has 104 valence electrons. The Kier molecular flexibility index (Phi) is 5.16. The van der Waals surface area contributed by atoms with Crippen molar-refractivity contribution in [3.8, 4) is 0 Å². The third kappa shape index (κ3) is 3.67. The van der Waals surface area contributed by atoms with Crippen molar-refractivity contribution in [2.75, 3.05) is 18.1 Å². The minimum atomic E-state index is -0.796. The number of rotatable bonds is 7. The van der Waals surface area contributed by atoms with E-state index in [4.69, 9.17) is 4.42 Å². The van der Waals surface area contributed by atoms with Crippen LogP contribution in [0.2, 0.25) is 0 Å². The standard InChI is InChI=1S/C15H21NO2S/c1-3-9-19(17)11-13(16-4-2)15-10-12-7-5-6-8-14(12)18-15/h5-8,10,13,16H,3-4,9,11H2,1-2H3. The van der Waals surface area contributed by atoms with Crippen molar-refractivity contribution < 1.29 is 8.63 Å². The Morgan fingerprint density at radius 3 is 2.79 bits per heavy atom. The lowest BCUT2D eigenvalue weighted by Crippen LogP contribution is -2.26. The maximum atomic E-state index is 11.9. The minimum absolute atomic E-state index is 0.0322. The molecule has 3 nitrogen and oxygen atoms in total. The first-order valence-corrected chi connectivity index (χ1v) is 8.30. The molecule has 1 aromatic carbocycles. The van der Waals surface area contributed by atoms with Crippen molar-refractivity contribution in [3.63, 3.8) is 0 Å². The van der Waals surface area contributed by atoms with E-state index in [0.717, 1.165) is 35.4 Å². The Morgan fingerprint density at radius 2 is 2.11 bits per heavy atom. The van der Waals surface area contributed by atoms with Gasteiger partial charge < -0.3 is 9.73 Å². The van der Waals surface area contributed by atoms with Gasteiger partial charge in [-0.25, -0.2) is 0 Å². The molecule has 1 heterocycles. The summed E-state index contributed by atoms with van der Waals surface area (Å²) in [4.78, 5) is 0. The van der Waals surface area contributed by atoms with Gasteiger partial charge in [0.2, 0.25) is 0 Å². The molecular weight excluding hydrogens is 258 g/mol. The first kappa shape index (κ1) is 14.3. The minimum Gasteiger partial charge on any atom is -0.459 e. The van der Waals surface area contributed by atoms with Crippen LogP contribution in [0, 0.1) is 0 Å². The molecular formula is C15H21NO2S. The number of hydrogen-bond acceptors (Lipinski definition) is 3. The fourth-order valence-electron chi connectivity index (χ4n) is 2.16. The van der Waals surface area contributed by atoms with Crippen molar-refractivity contribution in [1.82, 2.24) is 5.32 Å². The van der Waals surface area contributed by atoms with Crippen LogP contribution in [0.1, 0.15) is 32.1 Å². The number of benzene rings is 1. The lowest BCUT2D eigenvalue weighted by Gasteiger charge is -2.14. The summed E-state index contributed by atoms with van der Waals surface area (Å²) in [5.74, 6) is 2.25. The van der Waals surface area contributed by atoms with Gasteiger partial charge in [0.1, 0.15) is 11.3 Å². The lowest BCUT2D eigenvalue weighted by molar-refractivity contribution is 0.461. The van der Waals surface area contributed by atoms with Crippen molar-refractivity contribution in [3.05, 3.63) is 36.1 Å². The van der Waals surface area contributed by atoms with Gasteiger partial charge in [0.25, 0.3) is 0 Å². The fourth-order valence-corrected chi connectivity index (χ4v) is 3.43. The summed E-state index contributed by atoms with van der Waals surface area (Å²) in [5.41, 5.74) is 0.890. The molecule has 2 unspecified atom stereocenters. The summed E-state index contributed by atoms with van der Waals surface area (Å²) < 4.78 is 17.8. The van der Waals surface area contributed by atoms with E-state index in [9.17, 15) is 4.21 Å². The molecule has 2 atom stereocenters. The maximum Gasteiger partial charge on any atom is 0.134 e. The smallest absolute Gasteiger partial charge is 0.134 e. The van der Waals surface area contributed by atoms with Gasteiger partial charge in [-0.2, -0.15) is 0 Å². The molecule has 0 spiro atoms. The predicted molar refractivity (Wildman–Crippen MR) is 80.8 cm³/mol. The van der Waals surface area contributed by atoms with Gasteiger partial charge in [-0.3, -0.25) is 4.21 Å². The van der Waals surface area contributed by atoms with Crippen LogP contribution in [0.25, 0.3) is 11.0 Å². The highest BCUT2D eigenvalue weighted by Gasteiger charge is 2.17. The molecule has 0 aliphatic heterocycles. The van der Waals surface area contributed by atoms with Crippen LogP contribution in [0.3, 0.4) is 0 Å². The largest absolute Gasteiger partial charge is 0.459 e. The molecule has 19 heavy (non-hydrogen) atoms. The molecule has 0 saturated carbocycles. The van der Waals surface area contributed by atoms with Gasteiger partial charge in [-0.15, -0.1) is 0 Å². The zero-order valence-electron chi connectivity index (χ0n) is 11.5. The van der Waals surface area contributed by atoms with Crippen LogP contribution < -0.4 is 5.32 Å². The van der Waals surface area contributed by atoms with E-state index in [2.05, 4.69) is 19.2 Å². The molecule has 1 N–H and O–H groups in total. The second-order valence-corrected chi connectivity index (χ2v) is 6.23. The molecule has 0 fully saturated rings. The molecule has 0 radical (unpaired) electrons. The summed E-state index contributed by atoms with van der Waals surface area (Å²) in [5, 5.41) is 4.46. The van der Waals surface area contributed by atoms with Gasteiger partial charge in [-0.05, 0) is 25.1 Å². The predicted octanol–water partition coefficient (Wildman–Crippen LogP) is 3.24. The molecule has 4 heteroatoms. The lowest BCUT2D eigenvalue weighted by atomic mass is 10.2. The van der Waals surface area contributed by atoms with Crippen LogP contribution in [0.5, 0.6) is 0 Å². The summed E-state index contributed by atoms with van der Waals surface area (Å²) in [7, 11) is -0.796. The highest BCUT2D eigenvalue weighted by Crippen LogP contribution is 2.24. The number of para-hydroxylation sites is 1. The van der Waals surface area contributed by atoms with E-state index >= 15 is 0 Å². The SMILES string of the molecule is CCCS(=O)CC(NCC)c1cc2ccccc2o1.